The van der Waals surface area contributed by atoms with Crippen molar-refractivity contribution in [1.82, 2.24) is 0 Å². The lowest BCUT2D eigenvalue weighted by Gasteiger charge is -2.39. The van der Waals surface area contributed by atoms with Crippen molar-refractivity contribution in [2.24, 2.45) is 17.6 Å². The van der Waals surface area contributed by atoms with Crippen LogP contribution in [0.4, 0.5) is 20.2 Å². The van der Waals surface area contributed by atoms with Crippen molar-refractivity contribution < 1.29 is 18.3 Å². The number of ether oxygens (including phenoxy) is 2. The Balaban J connectivity index is 1.49. The van der Waals surface area contributed by atoms with Crippen LogP contribution in [0.15, 0.2) is 27.8 Å². The zero-order chi connectivity index (χ0) is 27.1. The molecule has 210 valence electrons. The smallest absolute Gasteiger partial charge is 0.253 e. The molecule has 0 aromatic heterocycles. The molecule has 7 nitrogen and oxygen atoms in total. The molecular formula is C29H41F2N3O4. The predicted molar refractivity (Wildman–Crippen MR) is 145 cm³/mol. The van der Waals surface area contributed by atoms with E-state index in [0.717, 1.165) is 25.3 Å². The van der Waals surface area contributed by atoms with Crippen molar-refractivity contribution in [3.8, 4) is 0 Å². The Labute approximate surface area is 223 Å². The van der Waals surface area contributed by atoms with Gasteiger partial charge in [0.25, 0.3) is 10.9 Å². The van der Waals surface area contributed by atoms with Gasteiger partial charge >= 0.3 is 0 Å². The summed E-state index contributed by atoms with van der Waals surface area (Å²) in [5, 5.41) is 3.32. The molecule has 1 aliphatic carbocycles. The van der Waals surface area contributed by atoms with Crippen LogP contribution in [0, 0.1) is 23.5 Å². The van der Waals surface area contributed by atoms with E-state index in [1.165, 1.54) is 38.2 Å². The second kappa shape index (κ2) is 13.6. The summed E-state index contributed by atoms with van der Waals surface area (Å²) in [7, 11) is 1.62. The molecule has 0 radical (unpaired) electrons. The number of hydrogen-bond donors (Lipinski definition) is 2. The van der Waals surface area contributed by atoms with E-state index in [0.29, 0.717) is 62.1 Å². The molecule has 1 heterocycles. The first-order chi connectivity index (χ1) is 18.4. The molecule has 2 unspecified atom stereocenters. The summed E-state index contributed by atoms with van der Waals surface area (Å²) < 4.78 is 39.1. The minimum Gasteiger partial charge on any atom is -0.385 e. The van der Waals surface area contributed by atoms with Gasteiger partial charge in [0, 0.05) is 51.9 Å². The summed E-state index contributed by atoms with van der Waals surface area (Å²) >= 11 is 0. The van der Waals surface area contributed by atoms with E-state index in [1.807, 2.05) is 4.90 Å². The van der Waals surface area contributed by atoms with Crippen LogP contribution in [0.2, 0.25) is 0 Å². The molecule has 0 amide bonds. The topological polar surface area (TPSA) is 93.9 Å². The fraction of sp³-hybridized carbons (Fsp3) is 0.655. The van der Waals surface area contributed by atoms with Gasteiger partial charge in [-0.05, 0) is 49.3 Å². The Morgan fingerprint density at radius 3 is 2.55 bits per heavy atom. The highest BCUT2D eigenvalue weighted by Crippen LogP contribution is 2.36. The number of rotatable bonds is 13. The van der Waals surface area contributed by atoms with Crippen LogP contribution in [0.3, 0.4) is 0 Å². The minimum absolute atomic E-state index is 0.0557. The number of hydrogen-bond acceptors (Lipinski definition) is 7. The Morgan fingerprint density at radius 1 is 1.05 bits per heavy atom. The van der Waals surface area contributed by atoms with Crippen LogP contribution in [-0.4, -0.2) is 46.0 Å². The number of methoxy groups -OCH3 is 1. The van der Waals surface area contributed by atoms with Gasteiger partial charge in [-0.3, -0.25) is 9.59 Å². The maximum absolute atomic E-state index is 14.1. The number of benzene rings is 1. The van der Waals surface area contributed by atoms with Crippen molar-refractivity contribution in [2.75, 3.05) is 50.2 Å². The molecule has 2 aliphatic rings. The summed E-state index contributed by atoms with van der Waals surface area (Å²) in [4.78, 5) is 27.3. The van der Waals surface area contributed by atoms with Crippen LogP contribution in [0.5, 0.6) is 0 Å². The van der Waals surface area contributed by atoms with E-state index in [4.69, 9.17) is 15.2 Å². The molecule has 1 saturated heterocycles. The number of nitrogens with zero attached hydrogens (tertiary/aromatic N) is 1. The lowest BCUT2D eigenvalue weighted by Crippen LogP contribution is -2.48. The molecule has 3 atom stereocenters. The van der Waals surface area contributed by atoms with Crippen molar-refractivity contribution >= 4 is 11.4 Å². The molecule has 1 aliphatic heterocycles. The van der Waals surface area contributed by atoms with E-state index in [-0.39, 0.29) is 12.0 Å². The highest BCUT2D eigenvalue weighted by atomic mass is 19.2. The van der Waals surface area contributed by atoms with Crippen LogP contribution in [-0.2, 0) is 9.47 Å². The number of halogens is 2. The van der Waals surface area contributed by atoms with Crippen LogP contribution in [0.1, 0.15) is 69.5 Å². The third kappa shape index (κ3) is 6.79. The van der Waals surface area contributed by atoms with Gasteiger partial charge in [-0.15, -0.1) is 0 Å². The van der Waals surface area contributed by atoms with Gasteiger partial charge in [0.2, 0.25) is 0 Å². The van der Waals surface area contributed by atoms with Gasteiger partial charge in [-0.2, -0.15) is 0 Å². The summed E-state index contributed by atoms with van der Waals surface area (Å²) in [5.41, 5.74) is 6.44. The van der Waals surface area contributed by atoms with E-state index in [1.54, 1.807) is 13.2 Å². The lowest BCUT2D eigenvalue weighted by atomic mass is 9.84. The van der Waals surface area contributed by atoms with E-state index in [2.05, 4.69) is 5.32 Å². The first-order valence-electron chi connectivity index (χ1n) is 14.0. The Bertz CT molecular complexity index is 1110. The highest BCUT2D eigenvalue weighted by Gasteiger charge is 2.35. The fourth-order valence-corrected chi connectivity index (χ4v) is 6.13. The number of nitrogens with two attached hydrogens (primary N) is 1. The summed E-state index contributed by atoms with van der Waals surface area (Å²) in [6, 6.07) is 3.81. The molecule has 2 aromatic carbocycles. The Kier molecular flexibility index (Phi) is 10.3. The molecule has 9 heteroatoms. The zero-order valence-corrected chi connectivity index (χ0v) is 22.4. The molecule has 38 heavy (non-hydrogen) atoms. The SMILES string of the molecule is COCCCOC(c1ccc(F)c(F)c1)C1CCCN(c2c(N[C@H](CN)CC3CCCCC3)c(=O)c2=O)C1. The lowest BCUT2D eigenvalue weighted by molar-refractivity contribution is -0.00257. The van der Waals surface area contributed by atoms with Crippen molar-refractivity contribution in [3.63, 3.8) is 0 Å². The normalized spacial score (nSPS) is 20.5. The van der Waals surface area contributed by atoms with Crippen LogP contribution < -0.4 is 26.8 Å². The molecule has 1 saturated carbocycles. The highest BCUT2D eigenvalue weighted by molar-refractivity contribution is 5.75. The standard InChI is InChI=1S/C29H41F2N3O4/c1-37-13-6-14-38-29(20-10-11-23(30)24(31)16-20)21-9-5-12-34(18-21)26-25(27(35)28(26)36)33-22(17-32)15-19-7-3-2-4-8-19/h10-11,16,19,21-22,29,33H,2-9,12-15,17-18,32H2,1H3/t21?,22-,29?/m0/s1. The van der Waals surface area contributed by atoms with Gasteiger partial charge in [0.1, 0.15) is 11.4 Å². The monoisotopic (exact) mass is 533 g/mol. The van der Waals surface area contributed by atoms with Crippen LogP contribution in [0.25, 0.3) is 0 Å². The third-order valence-corrected chi connectivity index (χ3v) is 8.13. The molecule has 3 N–H and O–H groups in total. The number of piperidine rings is 1. The second-order valence-electron chi connectivity index (χ2n) is 10.9. The molecule has 0 spiro atoms. The molecule has 0 bridgehead atoms. The van der Waals surface area contributed by atoms with Gasteiger partial charge in [0.05, 0.1) is 6.10 Å². The molecular weight excluding hydrogens is 492 g/mol. The fourth-order valence-electron chi connectivity index (χ4n) is 6.13. The van der Waals surface area contributed by atoms with Crippen LogP contribution >= 0.6 is 0 Å². The maximum atomic E-state index is 14.1. The molecule has 4 rings (SSSR count). The molecule has 2 aromatic rings. The zero-order valence-electron chi connectivity index (χ0n) is 22.4. The van der Waals surface area contributed by atoms with E-state index < -0.39 is 28.6 Å². The van der Waals surface area contributed by atoms with E-state index in [9.17, 15) is 18.4 Å². The molecule has 2 fully saturated rings. The number of anilines is 2. The average molecular weight is 534 g/mol. The van der Waals surface area contributed by atoms with Gasteiger partial charge in [-0.25, -0.2) is 8.78 Å². The average Bonchev–Trinajstić information content (AvgIpc) is 2.94. The quantitative estimate of drug-likeness (QED) is 0.293. The Morgan fingerprint density at radius 2 is 1.84 bits per heavy atom. The number of nitrogens with one attached hydrogen (secondary N) is 1. The second-order valence-corrected chi connectivity index (χ2v) is 10.9. The van der Waals surface area contributed by atoms with Gasteiger partial charge in [0.15, 0.2) is 11.6 Å². The van der Waals surface area contributed by atoms with Gasteiger partial charge < -0.3 is 25.4 Å². The van der Waals surface area contributed by atoms with E-state index >= 15 is 0 Å². The summed E-state index contributed by atoms with van der Waals surface area (Å²) in [6.07, 6.45) is 8.77. The maximum Gasteiger partial charge on any atom is 0.253 e. The third-order valence-electron chi connectivity index (χ3n) is 8.13. The van der Waals surface area contributed by atoms with Crippen molar-refractivity contribution in [3.05, 3.63) is 55.8 Å². The van der Waals surface area contributed by atoms with Crippen molar-refractivity contribution in [1.29, 1.82) is 0 Å². The first kappa shape index (κ1) is 28.6. The minimum atomic E-state index is -0.916. The predicted octanol–water partition coefficient (Wildman–Crippen LogP) is 4.28. The first-order valence-corrected chi connectivity index (χ1v) is 14.0. The van der Waals surface area contributed by atoms with Crippen molar-refractivity contribution in [2.45, 2.75) is 69.9 Å². The summed E-state index contributed by atoms with van der Waals surface area (Å²) in [6.45, 7) is 2.44. The Hall–Kier alpha value is -2.36. The largest absolute Gasteiger partial charge is 0.385 e. The summed E-state index contributed by atoms with van der Waals surface area (Å²) in [5.74, 6) is -1.30. The van der Waals surface area contributed by atoms with Gasteiger partial charge in [-0.1, -0.05) is 38.2 Å².